The van der Waals surface area contributed by atoms with Crippen LogP contribution in [0.2, 0.25) is 0 Å². The second kappa shape index (κ2) is 5.41. The van der Waals surface area contributed by atoms with Crippen LogP contribution in [0.1, 0.15) is 19.4 Å². The quantitative estimate of drug-likeness (QED) is 0.795. The summed E-state index contributed by atoms with van der Waals surface area (Å²) in [5, 5.41) is 0. The summed E-state index contributed by atoms with van der Waals surface area (Å²) in [6, 6.07) is 6.00. The molecule has 0 unspecified atom stereocenters. The smallest absolute Gasteiger partial charge is 0.212 e. The summed E-state index contributed by atoms with van der Waals surface area (Å²) >= 11 is 0. The van der Waals surface area contributed by atoms with Crippen LogP contribution >= 0.6 is 0 Å². The van der Waals surface area contributed by atoms with Gasteiger partial charge in [-0.3, -0.25) is 0 Å². The van der Waals surface area contributed by atoms with Crippen LogP contribution in [0.15, 0.2) is 24.3 Å². The topological polar surface area (TPSA) is 37.4 Å². The molecule has 0 radical (unpaired) electrons. The van der Waals surface area contributed by atoms with E-state index >= 15 is 0 Å². The van der Waals surface area contributed by atoms with Gasteiger partial charge in [0.05, 0.1) is 5.75 Å². The predicted octanol–water partition coefficient (Wildman–Crippen LogP) is 2.00. The lowest BCUT2D eigenvalue weighted by molar-refractivity contribution is 0.423. The molecule has 0 aliphatic heterocycles. The Hall–Kier alpha value is -0.940. The minimum atomic E-state index is -3.21. The van der Waals surface area contributed by atoms with Crippen LogP contribution in [0.4, 0.5) is 4.39 Å². The molecule has 0 saturated carbocycles. The monoisotopic (exact) mass is 245 g/mol. The van der Waals surface area contributed by atoms with Gasteiger partial charge in [0, 0.05) is 13.1 Å². The van der Waals surface area contributed by atoms with Crippen LogP contribution in [0.3, 0.4) is 0 Å². The maximum atomic E-state index is 12.9. The predicted molar refractivity (Wildman–Crippen MR) is 61.9 cm³/mol. The molecule has 5 heteroatoms. The fraction of sp³-hybridized carbons (Fsp3) is 0.455. The van der Waals surface area contributed by atoms with Crippen LogP contribution in [-0.4, -0.2) is 25.0 Å². The highest BCUT2D eigenvalue weighted by atomic mass is 32.2. The van der Waals surface area contributed by atoms with Crippen molar-refractivity contribution < 1.29 is 12.8 Å². The number of sulfonamides is 1. The Balaban J connectivity index is 2.87. The Morgan fingerprint density at radius 3 is 2.50 bits per heavy atom. The van der Waals surface area contributed by atoms with Gasteiger partial charge in [0.1, 0.15) is 5.82 Å². The molecule has 0 atom stereocenters. The van der Waals surface area contributed by atoms with Gasteiger partial charge in [-0.2, -0.15) is 4.31 Å². The number of benzene rings is 1. The normalized spacial score (nSPS) is 12.0. The van der Waals surface area contributed by atoms with E-state index in [2.05, 4.69) is 0 Å². The van der Waals surface area contributed by atoms with Crippen molar-refractivity contribution >= 4 is 10.0 Å². The SMILES string of the molecule is CCN(Cc1cccc(F)c1)S(=O)(=O)CC. The fourth-order valence-corrected chi connectivity index (χ4v) is 2.53. The maximum Gasteiger partial charge on any atom is 0.214 e. The molecular formula is C11H16FNO2S. The third-order valence-electron chi connectivity index (χ3n) is 2.36. The molecule has 16 heavy (non-hydrogen) atoms. The van der Waals surface area contributed by atoms with Crippen LogP contribution in [0.5, 0.6) is 0 Å². The van der Waals surface area contributed by atoms with Gasteiger partial charge < -0.3 is 0 Å². The lowest BCUT2D eigenvalue weighted by atomic mass is 10.2. The summed E-state index contributed by atoms with van der Waals surface area (Å²) in [7, 11) is -3.21. The van der Waals surface area contributed by atoms with Crippen LogP contribution in [0.25, 0.3) is 0 Å². The summed E-state index contributed by atoms with van der Waals surface area (Å²) in [6.45, 7) is 3.99. The fourth-order valence-electron chi connectivity index (χ4n) is 1.43. The minimum Gasteiger partial charge on any atom is -0.212 e. The van der Waals surface area contributed by atoms with Crippen LogP contribution in [-0.2, 0) is 16.6 Å². The number of rotatable bonds is 5. The second-order valence-corrected chi connectivity index (χ2v) is 5.71. The summed E-state index contributed by atoms with van der Waals surface area (Å²) in [5.41, 5.74) is 0.666. The van der Waals surface area contributed by atoms with Gasteiger partial charge in [0.15, 0.2) is 0 Å². The highest BCUT2D eigenvalue weighted by Gasteiger charge is 2.18. The number of nitrogens with zero attached hydrogens (tertiary/aromatic N) is 1. The highest BCUT2D eigenvalue weighted by molar-refractivity contribution is 7.89. The van der Waals surface area contributed by atoms with E-state index < -0.39 is 10.0 Å². The van der Waals surface area contributed by atoms with E-state index in [0.717, 1.165) is 0 Å². The molecule has 90 valence electrons. The molecule has 3 nitrogen and oxygen atoms in total. The minimum absolute atomic E-state index is 0.0656. The molecule has 0 aliphatic rings. The van der Waals surface area contributed by atoms with Gasteiger partial charge in [-0.1, -0.05) is 19.1 Å². The van der Waals surface area contributed by atoms with Crippen molar-refractivity contribution in [3.8, 4) is 0 Å². The standard InChI is InChI=1S/C11H16FNO2S/c1-3-13(16(14,15)4-2)9-10-6-5-7-11(12)8-10/h5-8H,3-4,9H2,1-2H3. The van der Waals surface area contributed by atoms with Crippen molar-refractivity contribution in [1.29, 1.82) is 0 Å². The molecular weight excluding hydrogens is 229 g/mol. The summed E-state index contributed by atoms with van der Waals surface area (Å²) in [5.74, 6) is -0.279. The molecule has 0 N–H and O–H groups in total. The van der Waals surface area contributed by atoms with Crippen LogP contribution < -0.4 is 0 Å². The molecule has 0 saturated heterocycles. The van der Waals surface area contributed by atoms with Crippen molar-refractivity contribution in [2.45, 2.75) is 20.4 Å². The highest BCUT2D eigenvalue weighted by Crippen LogP contribution is 2.10. The van der Waals surface area contributed by atoms with E-state index in [-0.39, 0.29) is 18.1 Å². The molecule has 0 fully saturated rings. The van der Waals surface area contributed by atoms with Gasteiger partial charge in [0.2, 0.25) is 10.0 Å². The van der Waals surface area contributed by atoms with Crippen molar-refractivity contribution in [3.63, 3.8) is 0 Å². The number of hydrogen-bond acceptors (Lipinski definition) is 2. The first kappa shape index (κ1) is 13.1. The third kappa shape index (κ3) is 3.28. The zero-order chi connectivity index (χ0) is 12.2. The summed E-state index contributed by atoms with van der Waals surface area (Å²) in [6.07, 6.45) is 0. The third-order valence-corrected chi connectivity index (χ3v) is 4.26. The zero-order valence-electron chi connectivity index (χ0n) is 9.48. The first-order valence-corrected chi connectivity index (χ1v) is 6.82. The second-order valence-electron chi connectivity index (χ2n) is 3.46. The van der Waals surface area contributed by atoms with E-state index in [1.165, 1.54) is 16.4 Å². The van der Waals surface area contributed by atoms with Crippen molar-refractivity contribution in [3.05, 3.63) is 35.6 Å². The molecule has 0 aromatic heterocycles. The van der Waals surface area contributed by atoms with E-state index in [1.54, 1.807) is 26.0 Å². The van der Waals surface area contributed by atoms with Gasteiger partial charge in [0.25, 0.3) is 0 Å². The molecule has 1 rings (SSSR count). The van der Waals surface area contributed by atoms with E-state index in [9.17, 15) is 12.8 Å². The van der Waals surface area contributed by atoms with Crippen molar-refractivity contribution in [2.75, 3.05) is 12.3 Å². The molecule has 1 aromatic rings. The van der Waals surface area contributed by atoms with Gasteiger partial charge in [-0.25, -0.2) is 12.8 Å². The molecule has 0 bridgehead atoms. The lowest BCUT2D eigenvalue weighted by Gasteiger charge is -2.19. The molecule has 1 aromatic carbocycles. The Morgan fingerprint density at radius 2 is 2.00 bits per heavy atom. The maximum absolute atomic E-state index is 12.9. The van der Waals surface area contributed by atoms with Gasteiger partial charge in [-0.05, 0) is 24.6 Å². The summed E-state index contributed by atoms with van der Waals surface area (Å²) < 4.78 is 37.6. The number of halogens is 1. The average Bonchev–Trinajstić information content (AvgIpc) is 2.25. The molecule has 0 heterocycles. The Bertz CT molecular complexity index is 445. The molecule has 0 amide bonds. The lowest BCUT2D eigenvalue weighted by Crippen LogP contribution is -2.31. The molecule has 0 spiro atoms. The van der Waals surface area contributed by atoms with Crippen LogP contribution in [0, 0.1) is 5.82 Å². The van der Waals surface area contributed by atoms with Crippen molar-refractivity contribution in [1.82, 2.24) is 4.31 Å². The molecule has 0 aliphatic carbocycles. The van der Waals surface area contributed by atoms with E-state index in [4.69, 9.17) is 0 Å². The Kier molecular flexibility index (Phi) is 4.44. The first-order chi connectivity index (χ1) is 7.49. The first-order valence-electron chi connectivity index (χ1n) is 5.22. The van der Waals surface area contributed by atoms with Crippen molar-refractivity contribution in [2.24, 2.45) is 0 Å². The Labute approximate surface area is 95.9 Å². The largest absolute Gasteiger partial charge is 0.214 e. The van der Waals surface area contributed by atoms with E-state index in [0.29, 0.717) is 12.1 Å². The van der Waals surface area contributed by atoms with Gasteiger partial charge >= 0.3 is 0 Å². The van der Waals surface area contributed by atoms with E-state index in [1.807, 2.05) is 0 Å². The number of hydrogen-bond donors (Lipinski definition) is 0. The van der Waals surface area contributed by atoms with Gasteiger partial charge in [-0.15, -0.1) is 0 Å². The summed E-state index contributed by atoms with van der Waals surface area (Å²) in [4.78, 5) is 0. The zero-order valence-corrected chi connectivity index (χ0v) is 10.3. The Morgan fingerprint density at radius 1 is 1.31 bits per heavy atom. The average molecular weight is 245 g/mol.